The second-order valence-corrected chi connectivity index (χ2v) is 4.36. The number of rotatable bonds is 5. The van der Waals surface area contributed by atoms with Crippen LogP contribution in [0, 0.1) is 11.7 Å². The molecule has 2 N–H and O–H groups in total. The Bertz CT molecular complexity index is 404. The van der Waals surface area contributed by atoms with E-state index in [0.717, 1.165) is 0 Å². The highest BCUT2D eigenvalue weighted by molar-refractivity contribution is 5.44. The molecule has 5 heteroatoms. The van der Waals surface area contributed by atoms with Crippen LogP contribution in [0.1, 0.15) is 12.0 Å². The monoisotopic (exact) mass is 256 g/mol. The van der Waals surface area contributed by atoms with Crippen LogP contribution >= 0.6 is 0 Å². The number of fused-ring (bicyclic) bond motifs is 1. The van der Waals surface area contributed by atoms with Gasteiger partial charge in [-0.2, -0.15) is 0 Å². The molecule has 1 aromatic rings. The standard InChI is InChI=1S/C13H17FO4/c14-11-6-13-12(17-3-4-18-13)5-10(11)2-1-9(7-15)8-16/h5-6,9,15-16H,1-4,7-8H2. The lowest BCUT2D eigenvalue weighted by molar-refractivity contribution is 0.143. The van der Waals surface area contributed by atoms with Crippen molar-refractivity contribution < 1.29 is 24.1 Å². The third kappa shape index (κ3) is 2.91. The van der Waals surface area contributed by atoms with Gasteiger partial charge in [0.05, 0.1) is 0 Å². The number of aliphatic hydroxyl groups excluding tert-OH is 2. The Kier molecular flexibility index (Phi) is 4.38. The van der Waals surface area contributed by atoms with E-state index in [4.69, 9.17) is 19.7 Å². The van der Waals surface area contributed by atoms with E-state index in [2.05, 4.69) is 0 Å². The van der Waals surface area contributed by atoms with Gasteiger partial charge in [-0.05, 0) is 24.5 Å². The van der Waals surface area contributed by atoms with Crippen LogP contribution in [0.15, 0.2) is 12.1 Å². The third-order valence-electron chi connectivity index (χ3n) is 3.05. The molecule has 4 nitrogen and oxygen atoms in total. The zero-order valence-electron chi connectivity index (χ0n) is 10.1. The first-order chi connectivity index (χ1) is 8.74. The normalized spacial score (nSPS) is 14.0. The van der Waals surface area contributed by atoms with E-state index in [1.807, 2.05) is 0 Å². The van der Waals surface area contributed by atoms with Crippen molar-refractivity contribution in [1.29, 1.82) is 0 Å². The summed E-state index contributed by atoms with van der Waals surface area (Å²) in [5.41, 5.74) is 0.520. The maximum Gasteiger partial charge on any atom is 0.164 e. The SMILES string of the molecule is OCC(CO)CCc1cc2c(cc1F)OCCO2. The summed E-state index contributed by atoms with van der Waals surface area (Å²) in [5.74, 6) is 0.442. The second kappa shape index (κ2) is 6.02. The number of aryl methyl sites for hydroxylation is 1. The highest BCUT2D eigenvalue weighted by Gasteiger charge is 2.16. The molecule has 0 aliphatic carbocycles. The minimum absolute atomic E-state index is 0.0946. The number of halogens is 1. The first-order valence-corrected chi connectivity index (χ1v) is 6.04. The maximum atomic E-state index is 13.8. The molecule has 100 valence electrons. The number of benzene rings is 1. The Labute approximate surface area is 105 Å². The number of hydrogen-bond acceptors (Lipinski definition) is 4. The Balaban J connectivity index is 2.08. The van der Waals surface area contributed by atoms with E-state index < -0.39 is 0 Å². The maximum absolute atomic E-state index is 13.8. The van der Waals surface area contributed by atoms with Crippen molar-refractivity contribution >= 4 is 0 Å². The molecular formula is C13H17FO4. The van der Waals surface area contributed by atoms with E-state index in [9.17, 15) is 4.39 Å². The molecule has 1 aromatic carbocycles. The molecule has 0 saturated heterocycles. The van der Waals surface area contributed by atoms with Crippen LogP contribution in [-0.2, 0) is 6.42 Å². The molecule has 0 amide bonds. The highest BCUT2D eigenvalue weighted by Crippen LogP contribution is 2.33. The van der Waals surface area contributed by atoms with Crippen molar-refractivity contribution in [2.45, 2.75) is 12.8 Å². The van der Waals surface area contributed by atoms with Crippen molar-refractivity contribution in [2.24, 2.45) is 5.92 Å². The van der Waals surface area contributed by atoms with Crippen LogP contribution in [0.4, 0.5) is 4.39 Å². The lowest BCUT2D eigenvalue weighted by Gasteiger charge is -2.19. The lowest BCUT2D eigenvalue weighted by atomic mass is 10.00. The molecule has 1 aliphatic rings. The molecule has 0 aromatic heterocycles. The van der Waals surface area contributed by atoms with Gasteiger partial charge in [-0.25, -0.2) is 4.39 Å². The molecule has 0 saturated carbocycles. The van der Waals surface area contributed by atoms with Crippen LogP contribution in [-0.4, -0.2) is 36.6 Å². The Morgan fingerprint density at radius 3 is 2.33 bits per heavy atom. The minimum atomic E-state index is -0.339. The molecule has 18 heavy (non-hydrogen) atoms. The van der Waals surface area contributed by atoms with Crippen molar-refractivity contribution in [2.75, 3.05) is 26.4 Å². The summed E-state index contributed by atoms with van der Waals surface area (Å²) in [6.45, 7) is 0.711. The molecule has 2 rings (SSSR count). The fourth-order valence-corrected chi connectivity index (χ4v) is 1.90. The summed E-state index contributed by atoms with van der Waals surface area (Å²) >= 11 is 0. The largest absolute Gasteiger partial charge is 0.486 e. The van der Waals surface area contributed by atoms with Gasteiger partial charge in [0.25, 0.3) is 0 Å². The first-order valence-electron chi connectivity index (χ1n) is 6.04. The van der Waals surface area contributed by atoms with E-state index >= 15 is 0 Å². The predicted molar refractivity (Wildman–Crippen MR) is 63.4 cm³/mol. The topological polar surface area (TPSA) is 58.9 Å². The van der Waals surface area contributed by atoms with Gasteiger partial charge in [0.2, 0.25) is 0 Å². The highest BCUT2D eigenvalue weighted by atomic mass is 19.1. The van der Waals surface area contributed by atoms with Gasteiger partial charge in [0.1, 0.15) is 19.0 Å². The van der Waals surface area contributed by atoms with Crippen molar-refractivity contribution in [1.82, 2.24) is 0 Å². The minimum Gasteiger partial charge on any atom is -0.486 e. The van der Waals surface area contributed by atoms with Gasteiger partial charge >= 0.3 is 0 Å². The zero-order chi connectivity index (χ0) is 13.0. The molecule has 0 bridgehead atoms. The number of aliphatic hydroxyl groups is 2. The lowest BCUT2D eigenvalue weighted by Crippen LogP contribution is -2.16. The fraction of sp³-hybridized carbons (Fsp3) is 0.538. The smallest absolute Gasteiger partial charge is 0.164 e. The van der Waals surface area contributed by atoms with Crippen LogP contribution in [0.3, 0.4) is 0 Å². The molecule has 0 spiro atoms. The van der Waals surface area contributed by atoms with Crippen molar-refractivity contribution in [3.8, 4) is 11.5 Å². The Hall–Kier alpha value is -1.33. The summed E-state index contributed by atoms with van der Waals surface area (Å²) in [7, 11) is 0. The van der Waals surface area contributed by atoms with Gasteiger partial charge in [-0.15, -0.1) is 0 Å². The van der Waals surface area contributed by atoms with Gasteiger partial charge in [-0.1, -0.05) is 0 Å². The van der Waals surface area contributed by atoms with Gasteiger partial charge < -0.3 is 19.7 Å². The number of ether oxygens (including phenoxy) is 2. The first kappa shape index (κ1) is 13.1. The van der Waals surface area contributed by atoms with E-state index in [-0.39, 0.29) is 24.9 Å². The zero-order valence-corrected chi connectivity index (χ0v) is 10.1. The molecule has 1 heterocycles. The molecule has 0 fully saturated rings. The molecular weight excluding hydrogens is 239 g/mol. The molecule has 0 atom stereocenters. The Morgan fingerprint density at radius 2 is 1.72 bits per heavy atom. The van der Waals surface area contributed by atoms with E-state index in [1.54, 1.807) is 6.07 Å². The summed E-state index contributed by atoms with van der Waals surface area (Å²) in [6, 6.07) is 2.96. The van der Waals surface area contributed by atoms with Crippen molar-refractivity contribution in [3.05, 3.63) is 23.5 Å². The quantitative estimate of drug-likeness (QED) is 0.829. The third-order valence-corrected chi connectivity index (χ3v) is 3.05. The fourth-order valence-electron chi connectivity index (χ4n) is 1.90. The summed E-state index contributed by atoms with van der Waals surface area (Å²) in [4.78, 5) is 0. The van der Waals surface area contributed by atoms with Crippen LogP contribution in [0.2, 0.25) is 0 Å². The van der Waals surface area contributed by atoms with E-state index in [1.165, 1.54) is 6.07 Å². The molecule has 1 aliphatic heterocycles. The summed E-state index contributed by atoms with van der Waals surface area (Å²) < 4.78 is 24.4. The second-order valence-electron chi connectivity index (χ2n) is 4.36. The van der Waals surface area contributed by atoms with Crippen LogP contribution in [0.5, 0.6) is 11.5 Å². The Morgan fingerprint density at radius 1 is 1.11 bits per heavy atom. The van der Waals surface area contributed by atoms with E-state index in [0.29, 0.717) is 43.1 Å². The van der Waals surface area contributed by atoms with Crippen LogP contribution in [0.25, 0.3) is 0 Å². The average Bonchev–Trinajstić information content (AvgIpc) is 2.40. The number of hydrogen-bond donors (Lipinski definition) is 2. The van der Waals surface area contributed by atoms with Gasteiger partial charge in [-0.3, -0.25) is 0 Å². The molecule has 0 radical (unpaired) electrons. The van der Waals surface area contributed by atoms with Gasteiger partial charge in [0.15, 0.2) is 11.5 Å². The predicted octanol–water partition coefficient (Wildman–Crippen LogP) is 1.13. The van der Waals surface area contributed by atoms with Crippen LogP contribution < -0.4 is 9.47 Å². The van der Waals surface area contributed by atoms with Gasteiger partial charge in [0, 0.05) is 25.2 Å². The van der Waals surface area contributed by atoms with Crippen molar-refractivity contribution in [3.63, 3.8) is 0 Å². The summed E-state index contributed by atoms with van der Waals surface area (Å²) in [5, 5.41) is 17.9. The average molecular weight is 256 g/mol. The summed E-state index contributed by atoms with van der Waals surface area (Å²) in [6.07, 6.45) is 0.984. The molecule has 0 unspecified atom stereocenters.